The van der Waals surface area contributed by atoms with Crippen LogP contribution in [0.3, 0.4) is 0 Å². The van der Waals surface area contributed by atoms with Crippen molar-refractivity contribution in [3.05, 3.63) is 83.7 Å². The molecular weight excluding hydrogens is 338 g/mol. The molecule has 138 valence electrons. The van der Waals surface area contributed by atoms with Crippen molar-refractivity contribution in [1.29, 1.82) is 0 Å². The second kappa shape index (κ2) is 8.85. The summed E-state index contributed by atoms with van der Waals surface area (Å²) < 4.78 is 5.43. The fourth-order valence-corrected chi connectivity index (χ4v) is 2.55. The highest BCUT2D eigenvalue weighted by Gasteiger charge is 2.07. The van der Waals surface area contributed by atoms with E-state index < -0.39 is 0 Å². The number of aromatic nitrogens is 1. The third-order valence-electron chi connectivity index (χ3n) is 4.02. The van der Waals surface area contributed by atoms with Gasteiger partial charge in [0.05, 0.1) is 18.5 Å². The van der Waals surface area contributed by atoms with E-state index in [4.69, 9.17) is 4.74 Å². The van der Waals surface area contributed by atoms with E-state index in [2.05, 4.69) is 15.6 Å². The minimum Gasteiger partial charge on any atom is -0.494 e. The zero-order valence-corrected chi connectivity index (χ0v) is 15.5. The van der Waals surface area contributed by atoms with Crippen molar-refractivity contribution in [2.45, 2.75) is 20.4 Å². The molecule has 0 aliphatic carbocycles. The van der Waals surface area contributed by atoms with Gasteiger partial charge in [0.1, 0.15) is 11.4 Å². The number of aryl methyl sites for hydroxylation is 1. The normalized spacial score (nSPS) is 10.3. The maximum Gasteiger partial charge on any atom is 0.270 e. The Hall–Kier alpha value is -3.34. The van der Waals surface area contributed by atoms with Crippen LogP contribution in [0.4, 0.5) is 11.4 Å². The summed E-state index contributed by atoms with van der Waals surface area (Å²) in [6.07, 6.45) is 1.65. The van der Waals surface area contributed by atoms with Crippen molar-refractivity contribution in [2.75, 3.05) is 11.9 Å². The van der Waals surface area contributed by atoms with Gasteiger partial charge in [0.25, 0.3) is 5.91 Å². The van der Waals surface area contributed by atoms with E-state index in [0.717, 1.165) is 22.7 Å². The molecule has 0 aliphatic rings. The maximum absolute atomic E-state index is 12.2. The summed E-state index contributed by atoms with van der Waals surface area (Å²) in [5.41, 5.74) is 4.38. The maximum atomic E-state index is 12.2. The Balaban J connectivity index is 1.55. The summed E-state index contributed by atoms with van der Waals surface area (Å²) >= 11 is 0. The Morgan fingerprint density at radius 1 is 0.963 bits per heavy atom. The molecule has 0 spiro atoms. The van der Waals surface area contributed by atoms with Gasteiger partial charge in [-0.15, -0.1) is 0 Å². The van der Waals surface area contributed by atoms with Crippen LogP contribution in [0, 0.1) is 6.92 Å². The van der Waals surface area contributed by atoms with Crippen molar-refractivity contribution in [3.63, 3.8) is 0 Å². The van der Waals surface area contributed by atoms with Gasteiger partial charge >= 0.3 is 0 Å². The average molecular weight is 361 g/mol. The fraction of sp³-hybridized carbons (Fsp3) is 0.182. The molecule has 3 aromatic rings. The van der Waals surface area contributed by atoms with E-state index in [0.29, 0.717) is 18.8 Å². The molecule has 2 aromatic carbocycles. The average Bonchev–Trinajstić information content (AvgIpc) is 2.70. The molecule has 5 nitrogen and oxygen atoms in total. The molecule has 0 atom stereocenters. The molecule has 3 rings (SSSR count). The first kappa shape index (κ1) is 18.5. The van der Waals surface area contributed by atoms with Crippen LogP contribution < -0.4 is 15.4 Å². The van der Waals surface area contributed by atoms with Crippen LogP contribution in [0.2, 0.25) is 0 Å². The molecular formula is C22H23N3O2. The Bertz CT molecular complexity index is 873. The monoisotopic (exact) mass is 361 g/mol. The van der Waals surface area contributed by atoms with Crippen molar-refractivity contribution in [1.82, 2.24) is 10.3 Å². The largest absolute Gasteiger partial charge is 0.494 e. The number of amides is 1. The molecule has 1 aromatic heterocycles. The smallest absolute Gasteiger partial charge is 0.270 e. The summed E-state index contributed by atoms with van der Waals surface area (Å²) in [6, 6.07) is 19.3. The summed E-state index contributed by atoms with van der Waals surface area (Å²) in [5.74, 6) is 0.643. The van der Waals surface area contributed by atoms with Crippen LogP contribution in [-0.4, -0.2) is 17.5 Å². The van der Waals surface area contributed by atoms with Gasteiger partial charge in [-0.25, -0.2) is 4.98 Å². The van der Waals surface area contributed by atoms with E-state index >= 15 is 0 Å². The first-order chi connectivity index (χ1) is 13.1. The predicted octanol–water partition coefficient (Wildman–Crippen LogP) is 4.46. The molecule has 0 aliphatic heterocycles. The molecule has 0 fully saturated rings. The molecule has 1 amide bonds. The molecule has 0 saturated heterocycles. The lowest BCUT2D eigenvalue weighted by Gasteiger charge is -2.09. The number of pyridine rings is 1. The number of anilines is 2. The van der Waals surface area contributed by atoms with E-state index in [1.165, 1.54) is 5.56 Å². The molecule has 0 saturated carbocycles. The molecule has 0 radical (unpaired) electrons. The van der Waals surface area contributed by atoms with Crippen molar-refractivity contribution < 1.29 is 9.53 Å². The minimum atomic E-state index is -0.191. The zero-order valence-electron chi connectivity index (χ0n) is 15.5. The van der Waals surface area contributed by atoms with Crippen LogP contribution in [0.15, 0.2) is 66.9 Å². The van der Waals surface area contributed by atoms with E-state index in [1.807, 2.05) is 68.4 Å². The second-order valence-corrected chi connectivity index (χ2v) is 6.18. The number of hydrogen-bond acceptors (Lipinski definition) is 4. The standard InChI is InChI=1S/C22H23N3O2/c1-3-27-20-11-8-18(9-12-20)25-19-10-13-21(23-15-19)22(26)24-14-17-6-4-16(2)5-7-17/h4-13,15,25H,3,14H2,1-2H3,(H,24,26). The number of carbonyl (C=O) groups excluding carboxylic acids is 1. The number of rotatable bonds is 7. The van der Waals surface area contributed by atoms with E-state index in [1.54, 1.807) is 12.3 Å². The summed E-state index contributed by atoms with van der Waals surface area (Å²) in [5, 5.41) is 6.14. The third kappa shape index (κ3) is 5.31. The number of hydrogen-bond donors (Lipinski definition) is 2. The lowest BCUT2D eigenvalue weighted by atomic mass is 10.1. The lowest BCUT2D eigenvalue weighted by Crippen LogP contribution is -2.23. The molecule has 0 bridgehead atoms. The summed E-state index contributed by atoms with van der Waals surface area (Å²) in [6.45, 7) is 5.11. The first-order valence-corrected chi connectivity index (χ1v) is 8.94. The highest BCUT2D eigenvalue weighted by molar-refractivity contribution is 5.92. The first-order valence-electron chi connectivity index (χ1n) is 8.94. The number of nitrogens with zero attached hydrogens (tertiary/aromatic N) is 1. The predicted molar refractivity (Wildman–Crippen MR) is 107 cm³/mol. The van der Waals surface area contributed by atoms with Gasteiger partial charge in [-0.05, 0) is 55.8 Å². The van der Waals surface area contributed by atoms with Gasteiger partial charge in [-0.3, -0.25) is 4.79 Å². The highest BCUT2D eigenvalue weighted by atomic mass is 16.5. The number of ether oxygens (including phenoxy) is 1. The van der Waals surface area contributed by atoms with Crippen molar-refractivity contribution in [2.24, 2.45) is 0 Å². The van der Waals surface area contributed by atoms with Crippen LogP contribution in [0.5, 0.6) is 5.75 Å². The zero-order chi connectivity index (χ0) is 19.1. The lowest BCUT2D eigenvalue weighted by molar-refractivity contribution is 0.0946. The Morgan fingerprint density at radius 2 is 1.67 bits per heavy atom. The van der Waals surface area contributed by atoms with Crippen LogP contribution in [0.1, 0.15) is 28.5 Å². The topological polar surface area (TPSA) is 63.2 Å². The minimum absolute atomic E-state index is 0.191. The Labute approximate surface area is 159 Å². The van der Waals surface area contributed by atoms with Gasteiger partial charge < -0.3 is 15.4 Å². The van der Waals surface area contributed by atoms with Gasteiger partial charge in [0, 0.05) is 12.2 Å². The molecule has 0 unspecified atom stereocenters. The van der Waals surface area contributed by atoms with Gasteiger partial charge in [-0.1, -0.05) is 29.8 Å². The van der Waals surface area contributed by atoms with Crippen LogP contribution in [-0.2, 0) is 6.54 Å². The van der Waals surface area contributed by atoms with Crippen LogP contribution >= 0.6 is 0 Å². The SMILES string of the molecule is CCOc1ccc(Nc2ccc(C(=O)NCc3ccc(C)cc3)nc2)cc1. The van der Waals surface area contributed by atoms with Crippen molar-refractivity contribution >= 4 is 17.3 Å². The fourth-order valence-electron chi connectivity index (χ4n) is 2.55. The van der Waals surface area contributed by atoms with Gasteiger partial charge in [-0.2, -0.15) is 0 Å². The highest BCUT2D eigenvalue weighted by Crippen LogP contribution is 2.19. The quantitative estimate of drug-likeness (QED) is 0.652. The molecule has 1 heterocycles. The van der Waals surface area contributed by atoms with Crippen LogP contribution in [0.25, 0.3) is 0 Å². The molecule has 27 heavy (non-hydrogen) atoms. The van der Waals surface area contributed by atoms with Gasteiger partial charge in [0.2, 0.25) is 0 Å². The van der Waals surface area contributed by atoms with E-state index in [9.17, 15) is 4.79 Å². The van der Waals surface area contributed by atoms with E-state index in [-0.39, 0.29) is 5.91 Å². The van der Waals surface area contributed by atoms with Crippen molar-refractivity contribution in [3.8, 4) is 5.75 Å². The summed E-state index contributed by atoms with van der Waals surface area (Å²) in [4.78, 5) is 16.5. The number of carbonyl (C=O) groups is 1. The molecule has 5 heteroatoms. The summed E-state index contributed by atoms with van der Waals surface area (Å²) in [7, 11) is 0. The number of nitrogens with one attached hydrogen (secondary N) is 2. The molecule has 2 N–H and O–H groups in total. The van der Waals surface area contributed by atoms with Gasteiger partial charge in [0.15, 0.2) is 0 Å². The Morgan fingerprint density at radius 3 is 2.30 bits per heavy atom. The second-order valence-electron chi connectivity index (χ2n) is 6.18. The number of benzene rings is 2. The Kier molecular flexibility index (Phi) is 6.05. The third-order valence-corrected chi connectivity index (χ3v) is 4.02.